The molecule has 1 aromatic carbocycles. The molecule has 1 rings (SSSR count). The SMILES string of the molecule is CCCC(ON=O)c1ccccc1F. The van der Waals surface area contributed by atoms with E-state index in [4.69, 9.17) is 0 Å². The van der Waals surface area contributed by atoms with Gasteiger partial charge in [-0.05, 0) is 12.5 Å². The predicted octanol–water partition coefficient (Wildman–Crippen LogP) is 3.36. The van der Waals surface area contributed by atoms with Crippen LogP contribution in [0.5, 0.6) is 0 Å². The van der Waals surface area contributed by atoms with Crippen LogP contribution in [0.4, 0.5) is 4.39 Å². The summed E-state index contributed by atoms with van der Waals surface area (Å²) < 4.78 is 13.3. The van der Waals surface area contributed by atoms with Gasteiger partial charge in [-0.2, -0.15) is 0 Å². The van der Waals surface area contributed by atoms with Crippen LogP contribution in [-0.4, -0.2) is 0 Å². The van der Waals surface area contributed by atoms with Crippen molar-refractivity contribution in [1.29, 1.82) is 0 Å². The molecule has 0 bridgehead atoms. The van der Waals surface area contributed by atoms with Crippen molar-refractivity contribution in [2.24, 2.45) is 5.34 Å². The highest BCUT2D eigenvalue weighted by molar-refractivity contribution is 5.19. The topological polar surface area (TPSA) is 38.7 Å². The Balaban J connectivity index is 2.86. The van der Waals surface area contributed by atoms with Gasteiger partial charge in [0.15, 0.2) is 11.4 Å². The second kappa shape index (κ2) is 5.32. The largest absolute Gasteiger partial charge is 0.356 e. The van der Waals surface area contributed by atoms with Gasteiger partial charge in [0.25, 0.3) is 0 Å². The van der Waals surface area contributed by atoms with E-state index in [1.54, 1.807) is 18.2 Å². The summed E-state index contributed by atoms with van der Waals surface area (Å²) in [6, 6.07) is 6.23. The molecule has 0 heterocycles. The monoisotopic (exact) mass is 197 g/mol. The van der Waals surface area contributed by atoms with Crippen molar-refractivity contribution in [3.63, 3.8) is 0 Å². The summed E-state index contributed by atoms with van der Waals surface area (Å²) in [5, 5.41) is 2.36. The third-order valence-electron chi connectivity index (χ3n) is 1.97. The van der Waals surface area contributed by atoms with Crippen LogP contribution in [0.25, 0.3) is 0 Å². The molecule has 14 heavy (non-hydrogen) atoms. The van der Waals surface area contributed by atoms with Crippen LogP contribution in [0.1, 0.15) is 31.4 Å². The lowest BCUT2D eigenvalue weighted by molar-refractivity contribution is 0.0454. The van der Waals surface area contributed by atoms with E-state index in [2.05, 4.69) is 10.2 Å². The summed E-state index contributed by atoms with van der Waals surface area (Å²) in [5.74, 6) is -0.366. The highest BCUT2D eigenvalue weighted by Crippen LogP contribution is 2.25. The van der Waals surface area contributed by atoms with Gasteiger partial charge in [-0.3, -0.25) is 0 Å². The zero-order valence-electron chi connectivity index (χ0n) is 7.94. The highest BCUT2D eigenvalue weighted by atomic mass is 19.1. The van der Waals surface area contributed by atoms with Crippen LogP contribution < -0.4 is 0 Å². The molecule has 1 unspecified atom stereocenters. The number of rotatable bonds is 5. The minimum Gasteiger partial charge on any atom is -0.356 e. The standard InChI is InChI=1S/C10H12FNO2/c1-2-5-10(14-12-13)8-6-3-4-7-9(8)11/h3-4,6-7,10H,2,5H2,1H3. The zero-order valence-corrected chi connectivity index (χ0v) is 7.94. The van der Waals surface area contributed by atoms with Crippen molar-refractivity contribution >= 4 is 0 Å². The fraction of sp³-hybridized carbons (Fsp3) is 0.400. The Morgan fingerprint density at radius 2 is 2.21 bits per heavy atom. The Kier molecular flexibility index (Phi) is 4.04. The van der Waals surface area contributed by atoms with E-state index >= 15 is 0 Å². The normalized spacial score (nSPS) is 12.1. The third kappa shape index (κ3) is 2.52. The van der Waals surface area contributed by atoms with Gasteiger partial charge in [-0.25, -0.2) is 4.39 Å². The first kappa shape index (κ1) is 10.6. The lowest BCUT2D eigenvalue weighted by atomic mass is 10.1. The van der Waals surface area contributed by atoms with E-state index in [-0.39, 0.29) is 5.82 Å². The highest BCUT2D eigenvalue weighted by Gasteiger charge is 2.16. The number of hydrogen-bond acceptors (Lipinski definition) is 3. The van der Waals surface area contributed by atoms with Crippen LogP contribution in [0.2, 0.25) is 0 Å². The van der Waals surface area contributed by atoms with Crippen LogP contribution in [0.3, 0.4) is 0 Å². The van der Waals surface area contributed by atoms with Crippen molar-refractivity contribution in [2.75, 3.05) is 0 Å². The molecular formula is C10H12FNO2. The number of nitrogens with zero attached hydrogens (tertiary/aromatic N) is 1. The molecule has 0 aliphatic heterocycles. The predicted molar refractivity (Wildman–Crippen MR) is 50.9 cm³/mol. The van der Waals surface area contributed by atoms with Gasteiger partial charge in [0, 0.05) is 5.56 Å². The zero-order chi connectivity index (χ0) is 10.4. The van der Waals surface area contributed by atoms with E-state index in [0.717, 1.165) is 6.42 Å². The maximum absolute atomic E-state index is 13.3. The molecule has 0 radical (unpaired) electrons. The van der Waals surface area contributed by atoms with Gasteiger partial charge in [-0.1, -0.05) is 31.5 Å². The summed E-state index contributed by atoms with van der Waals surface area (Å²) in [5.41, 5.74) is 0.383. The van der Waals surface area contributed by atoms with Crippen molar-refractivity contribution in [3.8, 4) is 0 Å². The Morgan fingerprint density at radius 1 is 1.50 bits per heavy atom. The molecule has 0 N–H and O–H groups in total. The van der Waals surface area contributed by atoms with Crippen molar-refractivity contribution in [3.05, 3.63) is 40.6 Å². The summed E-state index contributed by atoms with van der Waals surface area (Å²) in [6.45, 7) is 1.93. The average Bonchev–Trinajstić information content (AvgIpc) is 2.18. The minimum absolute atomic E-state index is 0.366. The Bertz CT molecular complexity index is 304. The van der Waals surface area contributed by atoms with E-state index in [1.165, 1.54) is 6.07 Å². The molecular weight excluding hydrogens is 185 g/mol. The van der Waals surface area contributed by atoms with Crippen LogP contribution in [0, 0.1) is 10.7 Å². The van der Waals surface area contributed by atoms with Gasteiger partial charge in [0.05, 0.1) is 0 Å². The quantitative estimate of drug-likeness (QED) is 0.536. The fourth-order valence-corrected chi connectivity index (χ4v) is 1.32. The van der Waals surface area contributed by atoms with Gasteiger partial charge in [0.1, 0.15) is 5.82 Å². The number of halogens is 1. The van der Waals surface area contributed by atoms with Gasteiger partial charge in [-0.15, -0.1) is 4.91 Å². The average molecular weight is 197 g/mol. The summed E-state index contributed by atoms with van der Waals surface area (Å²) in [4.78, 5) is 14.6. The summed E-state index contributed by atoms with van der Waals surface area (Å²) >= 11 is 0. The van der Waals surface area contributed by atoms with Gasteiger partial charge >= 0.3 is 0 Å². The molecule has 76 valence electrons. The smallest absolute Gasteiger partial charge is 0.158 e. The Labute approximate surface area is 81.8 Å². The molecule has 1 atom stereocenters. The lowest BCUT2D eigenvalue weighted by Crippen LogP contribution is -2.02. The molecule has 1 aromatic rings. The third-order valence-corrected chi connectivity index (χ3v) is 1.97. The van der Waals surface area contributed by atoms with Gasteiger partial charge < -0.3 is 4.84 Å². The first-order valence-electron chi connectivity index (χ1n) is 4.52. The fourth-order valence-electron chi connectivity index (χ4n) is 1.32. The van der Waals surface area contributed by atoms with Crippen LogP contribution >= 0.6 is 0 Å². The second-order valence-electron chi connectivity index (χ2n) is 2.98. The molecule has 0 spiro atoms. The first-order chi connectivity index (χ1) is 6.79. The van der Waals surface area contributed by atoms with E-state index in [1.807, 2.05) is 6.92 Å². The maximum atomic E-state index is 13.3. The molecule has 0 saturated carbocycles. The summed E-state index contributed by atoms with van der Waals surface area (Å²) in [7, 11) is 0. The Morgan fingerprint density at radius 3 is 2.79 bits per heavy atom. The van der Waals surface area contributed by atoms with Crippen molar-refractivity contribution in [2.45, 2.75) is 25.9 Å². The molecule has 0 aliphatic carbocycles. The molecule has 4 heteroatoms. The van der Waals surface area contributed by atoms with E-state index < -0.39 is 6.10 Å². The van der Waals surface area contributed by atoms with Crippen LogP contribution in [-0.2, 0) is 4.84 Å². The molecule has 0 saturated heterocycles. The van der Waals surface area contributed by atoms with E-state index in [0.29, 0.717) is 12.0 Å². The number of hydrogen-bond donors (Lipinski definition) is 0. The Hall–Kier alpha value is -1.45. The molecule has 0 amide bonds. The molecule has 0 fully saturated rings. The van der Waals surface area contributed by atoms with Gasteiger partial charge in [0.2, 0.25) is 0 Å². The first-order valence-corrected chi connectivity index (χ1v) is 4.52. The van der Waals surface area contributed by atoms with Crippen molar-refractivity contribution in [1.82, 2.24) is 0 Å². The maximum Gasteiger partial charge on any atom is 0.158 e. The molecule has 0 aliphatic rings. The van der Waals surface area contributed by atoms with Crippen LogP contribution in [0.15, 0.2) is 29.6 Å². The minimum atomic E-state index is -0.571. The molecule has 0 aromatic heterocycles. The number of benzene rings is 1. The van der Waals surface area contributed by atoms with Crippen molar-refractivity contribution < 1.29 is 9.23 Å². The summed E-state index contributed by atoms with van der Waals surface area (Å²) in [6.07, 6.45) is 0.806. The lowest BCUT2D eigenvalue weighted by Gasteiger charge is -2.12. The second-order valence-corrected chi connectivity index (χ2v) is 2.98. The van der Waals surface area contributed by atoms with E-state index in [9.17, 15) is 9.30 Å². The molecule has 3 nitrogen and oxygen atoms in total.